The summed E-state index contributed by atoms with van der Waals surface area (Å²) in [5, 5.41) is 28.6. The third-order valence-corrected chi connectivity index (χ3v) is 27.3. The van der Waals surface area contributed by atoms with Crippen molar-refractivity contribution < 1.29 is 49.5 Å². The maximum Gasteiger partial charge on any atom is 0.276 e. The number of hydrogen-bond donors (Lipinski definition) is 3. The van der Waals surface area contributed by atoms with Crippen molar-refractivity contribution in [2.24, 2.45) is 0 Å². The van der Waals surface area contributed by atoms with Gasteiger partial charge in [-0.1, -0.05) is 142 Å². The van der Waals surface area contributed by atoms with Gasteiger partial charge in [-0.15, -0.1) is 0 Å². The second kappa shape index (κ2) is 41.0. The van der Waals surface area contributed by atoms with Gasteiger partial charge in [-0.3, -0.25) is 57.4 Å². The monoisotopic (exact) mass is 2070 g/mol. The molecule has 0 saturated carbocycles. The van der Waals surface area contributed by atoms with Crippen LogP contribution in [-0.4, -0.2) is 152 Å². The molecule has 42 heteroatoms. The van der Waals surface area contributed by atoms with Crippen LogP contribution in [0.2, 0.25) is 35.2 Å². The molecule has 0 radical (unpaired) electrons. The van der Waals surface area contributed by atoms with Crippen LogP contribution < -0.4 is 48.6 Å². The summed E-state index contributed by atoms with van der Waals surface area (Å²) in [6.45, 7) is 39.8. The van der Waals surface area contributed by atoms with Crippen molar-refractivity contribution in [1.82, 2.24) is 58.3 Å². The number of anilines is 6. The molecule has 732 valence electrons. The molecule has 0 bridgehead atoms. The van der Waals surface area contributed by atoms with Crippen LogP contribution >= 0.6 is 81.2 Å². The van der Waals surface area contributed by atoms with Crippen molar-refractivity contribution in [3.63, 3.8) is 0 Å². The summed E-state index contributed by atoms with van der Waals surface area (Å²) in [7, 11) is 0. The largest absolute Gasteiger partial charge is 0.394 e. The van der Waals surface area contributed by atoms with Crippen LogP contribution in [-0.2, 0) is 14.4 Å². The number of nitrogens with zero attached hydrogens (tertiary/aromatic N) is 18. The third kappa shape index (κ3) is 18.2. The Morgan fingerprint density at radius 1 is 0.383 bits per heavy atom. The van der Waals surface area contributed by atoms with Crippen molar-refractivity contribution in [3.05, 3.63) is 256 Å². The lowest BCUT2D eigenvalue weighted by Gasteiger charge is -2.45. The first-order chi connectivity index (χ1) is 66.5. The fourth-order valence-electron chi connectivity index (χ4n) is 18.8. The maximum absolute atomic E-state index is 15.6. The number of piperazine rings is 3. The highest BCUT2D eigenvalue weighted by Crippen LogP contribution is 2.50. The van der Waals surface area contributed by atoms with Crippen LogP contribution in [0.5, 0.6) is 0 Å². The number of nitrogen functional groups attached to an aromatic ring is 3. The summed E-state index contributed by atoms with van der Waals surface area (Å²) in [4.78, 5) is 119. The van der Waals surface area contributed by atoms with Crippen LogP contribution in [0.1, 0.15) is 151 Å². The van der Waals surface area contributed by atoms with Crippen LogP contribution in [0, 0.1) is 101 Å². The Morgan fingerprint density at radius 3 is 0.844 bits per heavy atom. The number of fused-ring (bicyclic) bond motifs is 3. The second-order valence-electron chi connectivity index (χ2n) is 35.3. The number of carbonyl (C=O) groups excluding carboxylic acids is 3. The van der Waals surface area contributed by atoms with Crippen molar-refractivity contribution >= 4 is 166 Å². The zero-order valence-electron chi connectivity index (χ0n) is 78.4. The molecule has 0 aliphatic carbocycles. The van der Waals surface area contributed by atoms with Gasteiger partial charge in [0.15, 0.2) is 46.5 Å². The van der Waals surface area contributed by atoms with E-state index in [1.54, 1.807) is 82.1 Å². The van der Waals surface area contributed by atoms with E-state index in [0.717, 1.165) is 0 Å². The molecule has 3 aliphatic heterocycles. The maximum atomic E-state index is 15.6. The molecule has 3 aromatic carbocycles. The van der Waals surface area contributed by atoms with E-state index in [0.29, 0.717) is 50.8 Å². The van der Waals surface area contributed by atoms with Gasteiger partial charge in [0.25, 0.3) is 16.7 Å². The Hall–Kier alpha value is -13.4. The smallest absolute Gasteiger partial charge is 0.276 e. The van der Waals surface area contributed by atoms with Gasteiger partial charge in [0, 0.05) is 110 Å². The normalized spacial score (nSPS) is 16.6. The second-order valence-corrected chi connectivity index (χ2v) is 38.1. The van der Waals surface area contributed by atoms with Gasteiger partial charge in [0.2, 0.25) is 17.7 Å². The van der Waals surface area contributed by atoms with Crippen molar-refractivity contribution in [3.8, 4) is 69.0 Å². The number of pyridine rings is 9. The summed E-state index contributed by atoms with van der Waals surface area (Å²) < 4.78 is 123. The van der Waals surface area contributed by atoms with E-state index in [1.165, 1.54) is 50.1 Å². The average Bonchev–Trinajstić information content (AvgIpc) is 0.725. The molecule has 141 heavy (non-hydrogen) atoms. The van der Waals surface area contributed by atoms with E-state index in [-0.39, 0.29) is 199 Å². The molecular weight excluding hydrogens is 1980 g/mol. The fourth-order valence-corrected chi connectivity index (χ4v) is 20.5. The van der Waals surface area contributed by atoms with E-state index >= 15 is 13.2 Å². The Morgan fingerprint density at radius 2 is 0.617 bits per heavy atom. The topological polar surface area (TPSA) is 363 Å². The van der Waals surface area contributed by atoms with Crippen LogP contribution in [0.15, 0.2) is 107 Å². The molecule has 6 N–H and O–H groups in total. The number of amides is 3. The number of carbonyl (C=O) groups is 3. The van der Waals surface area contributed by atoms with Crippen LogP contribution in [0.4, 0.5) is 69.2 Å². The van der Waals surface area contributed by atoms with Crippen LogP contribution in [0.3, 0.4) is 0 Å². The average molecular weight is 2070 g/mol. The fraction of sp³-hybridized carbons (Fsp3) is 0.303. The molecule has 15 rings (SSSR count). The van der Waals surface area contributed by atoms with Crippen molar-refractivity contribution in [1.29, 1.82) is 15.8 Å². The Labute approximate surface area is 838 Å². The Bertz CT molecular complexity index is 6860. The van der Waals surface area contributed by atoms with Crippen molar-refractivity contribution in [2.45, 2.75) is 158 Å². The molecule has 9 aromatic heterocycles. The highest BCUT2D eigenvalue weighted by atomic mass is 35.5. The molecule has 27 nitrogen and oxygen atoms in total. The number of nitriles is 3. The molecule has 12 heterocycles. The minimum Gasteiger partial charge on any atom is -0.394 e. The lowest BCUT2D eigenvalue weighted by molar-refractivity contribution is -0.131. The summed E-state index contributed by atoms with van der Waals surface area (Å²) in [6.07, 6.45) is 8.48. The van der Waals surface area contributed by atoms with E-state index < -0.39 is 128 Å². The van der Waals surface area contributed by atoms with Gasteiger partial charge in [-0.05, 0) is 151 Å². The van der Waals surface area contributed by atoms with Gasteiger partial charge in [-0.2, -0.15) is 15.8 Å². The highest BCUT2D eigenvalue weighted by molar-refractivity contribution is 6.45. The number of hydrogen-bond acceptors (Lipinski definition) is 21. The first kappa shape index (κ1) is 105. The highest BCUT2D eigenvalue weighted by Gasteiger charge is 2.42. The zero-order chi connectivity index (χ0) is 104. The van der Waals surface area contributed by atoms with E-state index in [1.807, 2.05) is 88.0 Å². The zero-order valence-corrected chi connectivity index (χ0v) is 83.7. The number of halogens is 15. The number of aromatic nitrogens is 9. The molecular formula is C99H90Cl7F8N21O6. The third-order valence-electron chi connectivity index (χ3n) is 24.9. The van der Waals surface area contributed by atoms with Gasteiger partial charge < -0.3 is 46.6 Å². The van der Waals surface area contributed by atoms with Gasteiger partial charge in [0.1, 0.15) is 68.9 Å². The van der Waals surface area contributed by atoms with Crippen molar-refractivity contribution in [2.75, 3.05) is 71.2 Å². The predicted octanol–water partition coefficient (Wildman–Crippen LogP) is 20.5. The minimum absolute atomic E-state index is 0.000731. The molecule has 3 aliphatic rings. The summed E-state index contributed by atoms with van der Waals surface area (Å²) in [5.74, 6) is -13.1. The van der Waals surface area contributed by atoms with Crippen LogP contribution in [0.25, 0.3) is 83.9 Å². The summed E-state index contributed by atoms with van der Waals surface area (Å²) in [6, 6.07) is 13.4. The minimum atomic E-state index is -1.67. The first-order valence-electron chi connectivity index (χ1n) is 43.9. The molecule has 3 fully saturated rings. The quantitative estimate of drug-likeness (QED) is 0.0282. The van der Waals surface area contributed by atoms with Gasteiger partial charge >= 0.3 is 0 Å². The van der Waals surface area contributed by atoms with Gasteiger partial charge in [-0.25, -0.2) is 50.1 Å². The molecule has 3 saturated heterocycles. The Kier molecular flexibility index (Phi) is 30.5. The lowest BCUT2D eigenvalue weighted by atomic mass is 10.0. The standard InChI is InChI=1S/C33H30Cl3F2N7O2.2C33H30Cl2F3N7O2/c1-7-21(46)44-16(5)12-43(13-17(44)6)31-18-10-20(34)29(22-23(35)24(36)26(38)27(40)25(22)37)42-32(18)45(33(47)19(31)11-39)30-15(4)8-9-41-28(30)14(2)3;2*1-7-21(46)44-16(5)12-43(13-17(44)6)31-18-10-20(34)29(22-23(35)25(37)26(38)27(40)24(22)36)42-32(18)45(33(47)19(31)11-39)30-15(4)8-9-41-28(30)14(2)3/h3*7-10,14,16-17H,1,12-13,40H2,2-6H3/t3*16-,17+. The van der Waals surface area contributed by atoms with Gasteiger partial charge in [0.05, 0.1) is 120 Å². The predicted molar refractivity (Wildman–Crippen MR) is 535 cm³/mol. The van der Waals surface area contributed by atoms with E-state index in [2.05, 4.69) is 62.9 Å². The molecule has 0 unspecified atom stereocenters. The van der Waals surface area contributed by atoms with E-state index in [4.69, 9.17) is 103 Å². The summed E-state index contributed by atoms with van der Waals surface area (Å²) >= 11 is 44.9. The number of nitrogens with two attached hydrogens (primary N) is 3. The summed E-state index contributed by atoms with van der Waals surface area (Å²) in [5.41, 5.74) is 12.8. The van der Waals surface area contributed by atoms with E-state index in [9.17, 15) is 66.5 Å². The number of benzene rings is 3. The molecule has 0 spiro atoms. The number of aryl methyl sites for hydroxylation is 3. The Balaban J connectivity index is 0.000000178. The lowest BCUT2D eigenvalue weighted by Crippen LogP contribution is -2.58. The first-order valence-corrected chi connectivity index (χ1v) is 46.5. The number of rotatable bonds is 15. The molecule has 6 atom stereocenters. The molecule has 12 aromatic rings. The molecule has 3 amide bonds. The SMILES string of the molecule is C=CC(=O)N1[C@H](C)CN(c2c(C#N)c(=O)n(-c3c(C)ccnc3C(C)C)c3nc(-c4c(F)c(N)c(F)c(Cl)c4Cl)c(Cl)cc23)C[C@@H]1C.C=CC(=O)N1[C@H](C)CN(c2c(C#N)c(=O)n(-c3c(C)ccnc3C(C)C)c3nc(-c4c(F)c(N)c(F)c(F)c4Cl)c(Cl)cc23)C[C@@H]1C.C=CC(=O)N1[C@H](C)CN(c2c(C#N)c(=O)n(-c3c(C)ccnc3C(C)C)c3nc(-c4c(F)c(N)c(F)c(F)c4Cl)c(Cl)cc23)C[C@@H]1C.